The Kier molecular flexibility index (Phi) is 4.38. The molecule has 0 saturated heterocycles. The van der Waals surface area contributed by atoms with Crippen LogP contribution in [0.2, 0.25) is 0 Å². The van der Waals surface area contributed by atoms with Crippen molar-refractivity contribution in [2.24, 2.45) is 5.41 Å². The van der Waals surface area contributed by atoms with Gasteiger partial charge in [-0.25, -0.2) is 4.39 Å². The molecule has 1 aliphatic carbocycles. The number of nitrogens with one attached hydrogen (secondary N) is 1. The van der Waals surface area contributed by atoms with Crippen LogP contribution in [0.25, 0.3) is 0 Å². The Morgan fingerprint density at radius 2 is 2.10 bits per heavy atom. The van der Waals surface area contributed by atoms with E-state index >= 15 is 0 Å². The number of hydrogen-bond donors (Lipinski definition) is 2. The zero-order valence-corrected chi connectivity index (χ0v) is 12.9. The summed E-state index contributed by atoms with van der Waals surface area (Å²) >= 11 is 0. The summed E-state index contributed by atoms with van der Waals surface area (Å²) in [6.45, 7) is 6.00. The van der Waals surface area contributed by atoms with Gasteiger partial charge in [0, 0.05) is 6.54 Å². The maximum absolute atomic E-state index is 13.4. The monoisotopic (exact) mass is 293 g/mol. The number of halogens is 1. The molecule has 1 saturated carbocycles. The highest BCUT2D eigenvalue weighted by molar-refractivity contribution is 5.89. The number of benzene rings is 1. The molecule has 1 atom stereocenters. The number of carbonyl (C=O) groups is 1. The third-order valence-corrected chi connectivity index (χ3v) is 4.47. The van der Waals surface area contributed by atoms with Crippen LogP contribution in [0.5, 0.6) is 0 Å². The van der Waals surface area contributed by atoms with Gasteiger partial charge in [-0.15, -0.1) is 0 Å². The number of aliphatic hydroxyl groups excluding tert-OH is 1. The first kappa shape index (κ1) is 16.0. The van der Waals surface area contributed by atoms with E-state index in [2.05, 4.69) is 5.32 Å². The molecule has 0 heterocycles. The van der Waals surface area contributed by atoms with Crippen molar-refractivity contribution < 1.29 is 14.3 Å². The van der Waals surface area contributed by atoms with Crippen molar-refractivity contribution in [3.8, 4) is 0 Å². The molecule has 0 bridgehead atoms. The van der Waals surface area contributed by atoms with Gasteiger partial charge in [0.15, 0.2) is 0 Å². The molecule has 1 amide bonds. The topological polar surface area (TPSA) is 49.3 Å². The molecule has 116 valence electrons. The Labute approximate surface area is 125 Å². The number of amides is 1. The van der Waals surface area contributed by atoms with Crippen LogP contribution in [0.3, 0.4) is 0 Å². The molecular formula is C17H24FNO2. The molecule has 2 rings (SSSR count). The van der Waals surface area contributed by atoms with Gasteiger partial charge in [0.05, 0.1) is 11.5 Å². The molecule has 0 radical (unpaired) electrons. The van der Waals surface area contributed by atoms with Gasteiger partial charge in [0.25, 0.3) is 0 Å². The number of carbonyl (C=O) groups excluding carboxylic acids is 1. The summed E-state index contributed by atoms with van der Waals surface area (Å²) in [5.41, 5.74) is -0.171. The fourth-order valence-electron chi connectivity index (χ4n) is 2.63. The first-order chi connectivity index (χ1) is 9.75. The smallest absolute Gasteiger partial charge is 0.230 e. The molecule has 0 aromatic heterocycles. The number of rotatable bonds is 4. The zero-order chi connectivity index (χ0) is 15.7. The predicted molar refractivity (Wildman–Crippen MR) is 80.4 cm³/mol. The number of hydrogen-bond acceptors (Lipinski definition) is 2. The molecule has 3 nitrogen and oxygen atoms in total. The second-order valence-electron chi connectivity index (χ2n) is 7.04. The van der Waals surface area contributed by atoms with Crippen molar-refractivity contribution >= 4 is 5.91 Å². The van der Waals surface area contributed by atoms with Crippen molar-refractivity contribution in [1.82, 2.24) is 5.32 Å². The zero-order valence-electron chi connectivity index (χ0n) is 12.9. The van der Waals surface area contributed by atoms with Crippen molar-refractivity contribution in [3.05, 3.63) is 35.6 Å². The Morgan fingerprint density at radius 1 is 1.43 bits per heavy atom. The Balaban J connectivity index is 2.09. The van der Waals surface area contributed by atoms with E-state index in [9.17, 15) is 14.3 Å². The summed E-state index contributed by atoms with van der Waals surface area (Å²) in [7, 11) is 0. The summed E-state index contributed by atoms with van der Waals surface area (Å²) in [6.07, 6.45) is 1.82. The van der Waals surface area contributed by atoms with Crippen molar-refractivity contribution in [2.75, 3.05) is 6.54 Å². The quantitative estimate of drug-likeness (QED) is 0.897. The van der Waals surface area contributed by atoms with E-state index < -0.39 is 11.5 Å². The number of aliphatic hydroxyl groups is 1. The fourth-order valence-corrected chi connectivity index (χ4v) is 2.63. The van der Waals surface area contributed by atoms with Crippen LogP contribution in [0.15, 0.2) is 24.3 Å². The second kappa shape index (κ2) is 5.76. The highest BCUT2D eigenvalue weighted by Crippen LogP contribution is 2.44. The summed E-state index contributed by atoms with van der Waals surface area (Å²) < 4.78 is 13.4. The van der Waals surface area contributed by atoms with Gasteiger partial charge in [-0.1, -0.05) is 39.3 Å². The van der Waals surface area contributed by atoms with Gasteiger partial charge in [-0.05, 0) is 36.0 Å². The van der Waals surface area contributed by atoms with Crippen molar-refractivity contribution in [2.45, 2.75) is 51.6 Å². The molecule has 1 aromatic rings. The Bertz CT molecular complexity index is 518. The highest BCUT2D eigenvalue weighted by atomic mass is 19.1. The molecule has 2 N–H and O–H groups in total. The molecular weight excluding hydrogens is 269 g/mol. The maximum Gasteiger partial charge on any atom is 0.230 e. The van der Waals surface area contributed by atoms with E-state index in [4.69, 9.17) is 0 Å². The largest absolute Gasteiger partial charge is 0.391 e. The average molecular weight is 293 g/mol. The third kappa shape index (κ3) is 3.26. The van der Waals surface area contributed by atoms with E-state index in [1.165, 1.54) is 12.1 Å². The van der Waals surface area contributed by atoms with Crippen LogP contribution in [-0.2, 0) is 10.2 Å². The van der Waals surface area contributed by atoms with E-state index in [-0.39, 0.29) is 23.7 Å². The molecule has 1 fully saturated rings. The van der Waals surface area contributed by atoms with Gasteiger partial charge in [-0.3, -0.25) is 4.79 Å². The predicted octanol–water partition coefficient (Wildman–Crippen LogP) is 2.77. The maximum atomic E-state index is 13.4. The first-order valence-electron chi connectivity index (χ1n) is 7.48. The third-order valence-electron chi connectivity index (χ3n) is 4.47. The summed E-state index contributed by atoms with van der Waals surface area (Å²) in [5.74, 6) is -0.427. The molecule has 21 heavy (non-hydrogen) atoms. The van der Waals surface area contributed by atoms with Crippen LogP contribution < -0.4 is 5.32 Å². The normalized spacial score (nSPS) is 18.7. The Morgan fingerprint density at radius 3 is 2.57 bits per heavy atom. The summed E-state index contributed by atoms with van der Waals surface area (Å²) in [4.78, 5) is 12.5. The fraction of sp³-hybridized carbons (Fsp3) is 0.588. The minimum Gasteiger partial charge on any atom is -0.391 e. The van der Waals surface area contributed by atoms with Crippen LogP contribution in [0.1, 0.15) is 45.6 Å². The lowest BCUT2D eigenvalue weighted by Gasteiger charge is -2.41. The van der Waals surface area contributed by atoms with Crippen LogP contribution in [-0.4, -0.2) is 23.7 Å². The van der Waals surface area contributed by atoms with E-state index in [1.54, 1.807) is 6.07 Å². The minimum atomic E-state index is -0.625. The van der Waals surface area contributed by atoms with Gasteiger partial charge in [0.2, 0.25) is 5.91 Å². The van der Waals surface area contributed by atoms with Gasteiger partial charge in [0.1, 0.15) is 5.82 Å². The standard InChI is InChI=1S/C17H24FNO2/c1-16(2,3)14(20)11-19-15(21)17(8-5-9-17)12-6-4-7-13(18)10-12/h4,6-7,10,14,20H,5,8-9,11H2,1-3H3,(H,19,21). The lowest BCUT2D eigenvalue weighted by atomic mass is 9.63. The van der Waals surface area contributed by atoms with Crippen molar-refractivity contribution in [1.29, 1.82) is 0 Å². The van der Waals surface area contributed by atoms with Crippen LogP contribution in [0.4, 0.5) is 4.39 Å². The van der Waals surface area contributed by atoms with Crippen molar-refractivity contribution in [3.63, 3.8) is 0 Å². The van der Waals surface area contributed by atoms with Crippen LogP contribution in [0, 0.1) is 11.2 Å². The summed E-state index contributed by atoms with van der Waals surface area (Å²) in [5, 5.41) is 12.9. The van der Waals surface area contributed by atoms with Gasteiger partial charge in [-0.2, -0.15) is 0 Å². The van der Waals surface area contributed by atoms with Crippen LogP contribution >= 0.6 is 0 Å². The second-order valence-corrected chi connectivity index (χ2v) is 7.04. The molecule has 0 aliphatic heterocycles. The highest BCUT2D eigenvalue weighted by Gasteiger charge is 2.45. The lowest BCUT2D eigenvalue weighted by Crippen LogP contribution is -2.51. The molecule has 0 spiro atoms. The lowest BCUT2D eigenvalue weighted by molar-refractivity contribution is -0.130. The van der Waals surface area contributed by atoms with Gasteiger partial charge >= 0.3 is 0 Å². The Hall–Kier alpha value is -1.42. The molecule has 1 unspecified atom stereocenters. The summed E-state index contributed by atoms with van der Waals surface area (Å²) in [6, 6.07) is 6.28. The molecule has 4 heteroatoms. The average Bonchev–Trinajstić information content (AvgIpc) is 2.33. The van der Waals surface area contributed by atoms with E-state index in [0.29, 0.717) is 0 Å². The van der Waals surface area contributed by atoms with E-state index in [1.807, 2.05) is 26.8 Å². The minimum absolute atomic E-state index is 0.109. The molecule has 1 aliphatic rings. The SMILES string of the molecule is CC(C)(C)C(O)CNC(=O)C1(c2cccc(F)c2)CCC1. The first-order valence-corrected chi connectivity index (χ1v) is 7.48. The van der Waals surface area contributed by atoms with E-state index in [0.717, 1.165) is 24.8 Å². The molecule has 1 aromatic carbocycles. The van der Waals surface area contributed by atoms with Gasteiger partial charge < -0.3 is 10.4 Å².